The van der Waals surface area contributed by atoms with Gasteiger partial charge >= 0.3 is 0 Å². The number of benzene rings is 3. The Morgan fingerprint density at radius 3 is 1.01 bits per heavy atom. The summed E-state index contributed by atoms with van der Waals surface area (Å²) in [4.78, 5) is 0. The van der Waals surface area contributed by atoms with Crippen LogP contribution in [0.15, 0.2) is 54.6 Å². The van der Waals surface area contributed by atoms with E-state index in [1.54, 1.807) is 32.0 Å². The fourth-order valence-electron chi connectivity index (χ4n) is 4.05. The molecule has 0 saturated heterocycles. The van der Waals surface area contributed by atoms with Crippen LogP contribution in [-0.2, 0) is 12.2 Å². The minimum Gasteiger partial charge on any atom is -0.489 e. The molecule has 4 heteroatoms. The molecule has 1 N–H and O–H groups in total. The minimum absolute atomic E-state index is 0.151. The lowest BCUT2D eigenvalue weighted by molar-refractivity contribution is 0.0787. The first kappa shape index (κ1) is 50.0. The van der Waals surface area contributed by atoms with Crippen molar-refractivity contribution in [2.45, 2.75) is 26.1 Å². The van der Waals surface area contributed by atoms with Gasteiger partial charge in [-0.1, -0.05) is 18.2 Å². The van der Waals surface area contributed by atoms with Crippen LogP contribution in [0.5, 0.6) is 17.2 Å². The second-order valence-corrected chi connectivity index (χ2v) is 11.8. The quantitative estimate of drug-likeness (QED) is 0.368. The van der Waals surface area contributed by atoms with E-state index in [2.05, 4.69) is 249 Å². The second-order valence-electron chi connectivity index (χ2n) is 11.8. The third kappa shape index (κ3) is 24.0. The van der Waals surface area contributed by atoms with Gasteiger partial charge in [-0.2, -0.15) is 0 Å². The molecule has 0 aliphatic carbocycles. The summed E-state index contributed by atoms with van der Waals surface area (Å²) in [5.41, 5.74) is 0.533. The fourth-order valence-corrected chi connectivity index (χ4v) is 4.05. The maximum Gasteiger partial charge on any atom is 0.144 e. The van der Waals surface area contributed by atoms with Gasteiger partial charge in [-0.15, -0.1) is 12.8 Å². The second kappa shape index (κ2) is 32.4. The third-order valence-corrected chi connectivity index (χ3v) is 6.70. The highest BCUT2D eigenvalue weighted by Gasteiger charge is 2.16. The topological polar surface area (TPSA) is 47.9 Å². The molecule has 0 fully saturated rings. The van der Waals surface area contributed by atoms with Crippen LogP contribution >= 0.6 is 0 Å². The van der Waals surface area contributed by atoms with Crippen LogP contribution in [0.3, 0.4) is 0 Å². The first-order chi connectivity index (χ1) is 33.4. The predicted octanol–water partition coefficient (Wildman–Crippen LogP) is 4.65. The van der Waals surface area contributed by atoms with Gasteiger partial charge < -0.3 is 19.3 Å². The predicted molar refractivity (Wildman–Crippen MR) is 264 cm³/mol. The van der Waals surface area contributed by atoms with Gasteiger partial charge in [0.15, 0.2) is 0 Å². The molecule has 0 aliphatic heterocycles. The van der Waals surface area contributed by atoms with E-state index in [0.717, 1.165) is 16.3 Å². The van der Waals surface area contributed by atoms with Gasteiger partial charge in [0.05, 0.1) is 5.60 Å². The number of terminal acetylenes is 2. The summed E-state index contributed by atoms with van der Waals surface area (Å²) < 4.78 is 17.3. The maximum atomic E-state index is 10.4. The van der Waals surface area contributed by atoms with Crippen molar-refractivity contribution in [1.82, 2.24) is 0 Å². The Kier molecular flexibility index (Phi) is 23.8. The van der Waals surface area contributed by atoms with Crippen molar-refractivity contribution in [3.8, 4) is 279 Å². The smallest absolute Gasteiger partial charge is 0.144 e. The first-order valence-corrected chi connectivity index (χ1v) is 18.7. The fraction of sp³-hybridized carbons (Fsp3) is 0.0625. The van der Waals surface area contributed by atoms with E-state index in [1.165, 1.54) is 0 Å². The first-order valence-electron chi connectivity index (χ1n) is 18.7. The SMILES string of the molecule is C#CC#CC#CC#CC#CC#CC#CC#CC#CC#CC#COc1cc(COc2ccc3cc(C(C)(C)O)ccc3c2)cc(OC#CC#CC#CC#CC#CC#CC#CC#CC#CC#CC#C)c1. The molecule has 3 aromatic carbocycles. The van der Waals surface area contributed by atoms with Crippen molar-refractivity contribution in [3.05, 3.63) is 65.7 Å². The molecule has 0 amide bonds. The van der Waals surface area contributed by atoms with Gasteiger partial charge in [0, 0.05) is 148 Å². The molecular weight excluding hydrogens is 833 g/mol. The Morgan fingerprint density at radius 2 is 0.676 bits per heavy atom. The summed E-state index contributed by atoms with van der Waals surface area (Å²) in [5.74, 6) is 101. The Balaban J connectivity index is 1.66. The number of hydrogen-bond donors (Lipinski definition) is 1. The van der Waals surface area contributed by atoms with Crippen LogP contribution < -0.4 is 14.2 Å². The van der Waals surface area contributed by atoms with E-state index < -0.39 is 5.60 Å². The van der Waals surface area contributed by atoms with Crippen LogP contribution in [-0.4, -0.2) is 5.11 Å². The van der Waals surface area contributed by atoms with E-state index >= 15 is 0 Å². The molecule has 0 spiro atoms. The molecule has 68 heavy (non-hydrogen) atoms. The molecule has 300 valence electrons. The Morgan fingerprint density at radius 1 is 0.368 bits per heavy atom. The van der Waals surface area contributed by atoms with Gasteiger partial charge in [-0.3, -0.25) is 0 Å². The Hall–Kier alpha value is -12.4. The standard InChI is InChI=1S/C64H20O4/c1-5-7-9-11-13-15-17-19-21-23-25-27-29-31-33-35-37-39-41-43-49-66-62-51-57(56-68-61-48-46-58-53-60(64(3,4)65)47-45-59(58)54-61)52-63(55-62)67-50-44-42-40-38-36-34-32-30-28-26-24-22-20-18-16-14-12-10-8-6-2/h1-2,45-48,51-55,65H,56H2,3-4H3. The summed E-state index contributed by atoms with van der Waals surface area (Å²) in [7, 11) is 0. The summed E-state index contributed by atoms with van der Waals surface area (Å²) >= 11 is 0. The molecule has 0 bridgehead atoms. The van der Waals surface area contributed by atoms with Crippen molar-refractivity contribution in [2.75, 3.05) is 0 Å². The van der Waals surface area contributed by atoms with E-state index in [4.69, 9.17) is 27.1 Å². The molecule has 0 aliphatic rings. The highest BCUT2D eigenvalue weighted by Crippen LogP contribution is 2.28. The van der Waals surface area contributed by atoms with Gasteiger partial charge in [-0.05, 0) is 161 Å². The van der Waals surface area contributed by atoms with Crippen LogP contribution in [0.1, 0.15) is 25.0 Å². The van der Waals surface area contributed by atoms with Crippen LogP contribution in [0.25, 0.3) is 10.8 Å². The number of hydrogen-bond acceptors (Lipinski definition) is 4. The van der Waals surface area contributed by atoms with Crippen molar-refractivity contribution < 1.29 is 19.3 Å². The monoisotopic (exact) mass is 852 g/mol. The van der Waals surface area contributed by atoms with Gasteiger partial charge in [-0.25, -0.2) is 0 Å². The lowest BCUT2D eigenvalue weighted by atomic mass is 9.95. The van der Waals surface area contributed by atoms with Crippen molar-refractivity contribution in [1.29, 1.82) is 0 Å². The zero-order chi connectivity index (χ0) is 48.4. The highest BCUT2D eigenvalue weighted by atomic mass is 16.5. The molecular formula is C64H20O4. The van der Waals surface area contributed by atoms with E-state index in [9.17, 15) is 5.11 Å². The molecule has 0 radical (unpaired) electrons. The van der Waals surface area contributed by atoms with Crippen molar-refractivity contribution in [2.24, 2.45) is 0 Å². The minimum atomic E-state index is -0.962. The molecule has 0 heterocycles. The van der Waals surface area contributed by atoms with E-state index in [-0.39, 0.29) is 6.61 Å². The number of rotatable bonds is 6. The van der Waals surface area contributed by atoms with Crippen LogP contribution in [0.4, 0.5) is 0 Å². The molecule has 3 aromatic rings. The zero-order valence-corrected chi connectivity index (χ0v) is 35.7. The summed E-state index contributed by atoms with van der Waals surface area (Å²) in [6.07, 6.45) is 15.0. The lowest BCUT2D eigenvalue weighted by Gasteiger charge is -2.18. The van der Waals surface area contributed by atoms with Crippen molar-refractivity contribution in [3.63, 3.8) is 0 Å². The highest BCUT2D eigenvalue weighted by molar-refractivity contribution is 5.84. The number of ether oxygens (including phenoxy) is 3. The summed E-state index contributed by atoms with van der Waals surface area (Å²) in [5, 5.41) is 12.3. The summed E-state index contributed by atoms with van der Waals surface area (Å²) in [6, 6.07) is 16.5. The Bertz CT molecular complexity index is 3770. The maximum absolute atomic E-state index is 10.4. The van der Waals surface area contributed by atoms with Crippen LogP contribution in [0, 0.1) is 262 Å². The largest absolute Gasteiger partial charge is 0.489 e. The molecule has 4 nitrogen and oxygen atoms in total. The van der Waals surface area contributed by atoms with Gasteiger partial charge in [0.1, 0.15) is 36.1 Å². The van der Waals surface area contributed by atoms with Crippen molar-refractivity contribution >= 4 is 10.8 Å². The normalized spacial score (nSPS) is 6.78. The summed E-state index contributed by atoms with van der Waals surface area (Å²) in [6.45, 7) is 3.64. The van der Waals surface area contributed by atoms with Crippen LogP contribution in [0.2, 0.25) is 0 Å². The van der Waals surface area contributed by atoms with E-state index in [1.807, 2.05) is 36.4 Å². The molecule has 0 atom stereocenters. The molecule has 0 saturated carbocycles. The molecule has 0 aromatic heterocycles. The van der Waals surface area contributed by atoms with Gasteiger partial charge in [0.25, 0.3) is 0 Å². The average molecular weight is 853 g/mol. The number of aliphatic hydroxyl groups is 1. The Labute approximate surface area is 399 Å². The average Bonchev–Trinajstić information content (AvgIpc) is 3.33. The molecule has 0 unspecified atom stereocenters. The number of fused-ring (bicyclic) bond motifs is 1. The zero-order valence-electron chi connectivity index (χ0n) is 35.7. The molecule has 3 rings (SSSR count). The lowest BCUT2D eigenvalue weighted by Crippen LogP contribution is -2.14. The van der Waals surface area contributed by atoms with E-state index in [0.29, 0.717) is 22.8 Å². The van der Waals surface area contributed by atoms with Gasteiger partial charge in [0.2, 0.25) is 0 Å². The third-order valence-electron chi connectivity index (χ3n) is 6.70.